The van der Waals surface area contributed by atoms with Crippen LogP contribution >= 0.6 is 38.5 Å². The molecular formula is C5H3BrINO2. The Kier molecular flexibility index (Phi) is 2.14. The Bertz CT molecular complexity index is 224. The number of nitrogens with zero attached hydrogens (tertiary/aromatic N) is 1. The molecule has 0 N–H and O–H groups in total. The zero-order valence-electron chi connectivity index (χ0n) is 5.02. The summed E-state index contributed by atoms with van der Waals surface area (Å²) in [5, 5.41) is 0. The summed E-state index contributed by atoms with van der Waals surface area (Å²) < 4.78 is 0.811. The largest absolute Gasteiger partial charge is 0.277 e. The van der Waals surface area contributed by atoms with Crippen LogP contribution in [0, 0.1) is 0 Å². The molecule has 5 heteroatoms. The summed E-state index contributed by atoms with van der Waals surface area (Å²) in [6, 6.07) is 0. The van der Waals surface area contributed by atoms with E-state index in [2.05, 4.69) is 15.9 Å². The zero-order chi connectivity index (χ0) is 7.89. The van der Waals surface area contributed by atoms with E-state index in [1.807, 2.05) is 22.6 Å². The number of carbonyl (C=O) groups is 2. The van der Waals surface area contributed by atoms with Gasteiger partial charge in [-0.3, -0.25) is 14.5 Å². The van der Waals surface area contributed by atoms with Gasteiger partial charge in [0.15, 0.2) is 0 Å². The number of hydrogen-bond donors (Lipinski definition) is 0. The summed E-state index contributed by atoms with van der Waals surface area (Å²) in [4.78, 5) is 22.9. The number of carbonyl (C=O) groups excluding carboxylic acids is 2. The number of halogens is 2. The van der Waals surface area contributed by atoms with Crippen LogP contribution in [0.5, 0.6) is 0 Å². The molecule has 0 fully saturated rings. The zero-order valence-corrected chi connectivity index (χ0v) is 8.76. The van der Waals surface area contributed by atoms with E-state index in [0.717, 1.165) is 4.90 Å². The summed E-state index contributed by atoms with van der Waals surface area (Å²) in [6.45, 7) is 0. The van der Waals surface area contributed by atoms with Crippen LogP contribution < -0.4 is 0 Å². The molecule has 1 aliphatic rings. The van der Waals surface area contributed by atoms with Crippen molar-refractivity contribution in [3.63, 3.8) is 0 Å². The van der Waals surface area contributed by atoms with Crippen molar-refractivity contribution < 1.29 is 9.59 Å². The number of amides is 2. The number of imide groups is 1. The van der Waals surface area contributed by atoms with Gasteiger partial charge < -0.3 is 0 Å². The predicted molar refractivity (Wildman–Crippen MR) is 47.8 cm³/mol. The molecular weight excluding hydrogens is 313 g/mol. The van der Waals surface area contributed by atoms with Gasteiger partial charge in [0, 0.05) is 7.05 Å². The van der Waals surface area contributed by atoms with E-state index in [0.29, 0.717) is 8.06 Å². The van der Waals surface area contributed by atoms with E-state index >= 15 is 0 Å². The first-order chi connectivity index (χ1) is 4.55. The third-order valence-corrected chi connectivity index (χ3v) is 3.66. The van der Waals surface area contributed by atoms with E-state index in [1.165, 1.54) is 7.05 Å². The van der Waals surface area contributed by atoms with Crippen LogP contribution in [0.15, 0.2) is 8.06 Å². The van der Waals surface area contributed by atoms with E-state index in [4.69, 9.17) is 0 Å². The van der Waals surface area contributed by atoms with Gasteiger partial charge >= 0.3 is 0 Å². The second-order valence-electron chi connectivity index (χ2n) is 1.80. The fraction of sp³-hybridized carbons (Fsp3) is 0.200. The maximum absolute atomic E-state index is 10.9. The van der Waals surface area contributed by atoms with Crippen LogP contribution in [0.3, 0.4) is 0 Å². The average molecular weight is 316 g/mol. The van der Waals surface area contributed by atoms with Crippen LogP contribution in [-0.4, -0.2) is 23.8 Å². The fourth-order valence-electron chi connectivity index (χ4n) is 0.574. The molecule has 0 radical (unpaired) electrons. The monoisotopic (exact) mass is 315 g/mol. The molecule has 0 spiro atoms. The Hall–Kier alpha value is 0.0900. The molecule has 54 valence electrons. The standard InChI is InChI=1S/C5H3BrINO2/c1-8-4(9)2(6)3(7)5(8)10/h1H3. The molecule has 0 atom stereocenters. The van der Waals surface area contributed by atoms with Crippen molar-refractivity contribution >= 4 is 50.3 Å². The SMILES string of the molecule is CN1C(=O)C(Br)=C(I)C1=O. The maximum atomic E-state index is 10.9. The second kappa shape index (κ2) is 2.61. The summed E-state index contributed by atoms with van der Waals surface area (Å²) in [6.07, 6.45) is 0. The highest BCUT2D eigenvalue weighted by atomic mass is 127. The Balaban J connectivity index is 3.11. The van der Waals surface area contributed by atoms with Gasteiger partial charge in [0.05, 0.1) is 3.58 Å². The average Bonchev–Trinajstić information content (AvgIpc) is 2.07. The summed E-state index contributed by atoms with van der Waals surface area (Å²) in [5.41, 5.74) is 0. The first-order valence-corrected chi connectivity index (χ1v) is 4.30. The Morgan fingerprint density at radius 2 is 1.90 bits per heavy atom. The normalized spacial score (nSPS) is 19.3. The van der Waals surface area contributed by atoms with Gasteiger partial charge in [0.25, 0.3) is 11.8 Å². The topological polar surface area (TPSA) is 37.4 Å². The highest BCUT2D eigenvalue weighted by Gasteiger charge is 2.32. The van der Waals surface area contributed by atoms with Crippen molar-refractivity contribution in [2.24, 2.45) is 0 Å². The first kappa shape index (κ1) is 8.19. The fourth-order valence-corrected chi connectivity index (χ4v) is 1.60. The molecule has 2 amide bonds. The van der Waals surface area contributed by atoms with E-state index in [1.54, 1.807) is 0 Å². The molecule has 0 aromatic heterocycles. The Morgan fingerprint density at radius 1 is 1.40 bits per heavy atom. The van der Waals surface area contributed by atoms with Crippen molar-refractivity contribution in [3.8, 4) is 0 Å². The molecule has 1 rings (SSSR count). The van der Waals surface area contributed by atoms with Crippen molar-refractivity contribution in [2.45, 2.75) is 0 Å². The quantitative estimate of drug-likeness (QED) is 0.494. The molecule has 1 aliphatic heterocycles. The van der Waals surface area contributed by atoms with Crippen molar-refractivity contribution in [2.75, 3.05) is 7.05 Å². The molecule has 0 bridgehead atoms. The van der Waals surface area contributed by atoms with Gasteiger partial charge in [-0.05, 0) is 38.5 Å². The molecule has 0 aliphatic carbocycles. The van der Waals surface area contributed by atoms with Crippen molar-refractivity contribution in [1.82, 2.24) is 4.90 Å². The lowest BCUT2D eigenvalue weighted by atomic mass is 10.6. The molecule has 0 unspecified atom stereocenters. The van der Waals surface area contributed by atoms with Crippen LogP contribution in [0.4, 0.5) is 0 Å². The lowest BCUT2D eigenvalue weighted by Gasteiger charge is -2.03. The van der Waals surface area contributed by atoms with Crippen LogP contribution in [0.1, 0.15) is 0 Å². The lowest BCUT2D eigenvalue weighted by molar-refractivity contribution is -0.135. The molecule has 0 saturated carbocycles. The first-order valence-electron chi connectivity index (χ1n) is 2.43. The number of rotatable bonds is 0. The third kappa shape index (κ3) is 1.01. The third-order valence-electron chi connectivity index (χ3n) is 1.18. The minimum atomic E-state index is -0.269. The number of likely N-dealkylation sites (N-methyl/N-ethyl adjacent to an activating group) is 1. The highest BCUT2D eigenvalue weighted by Crippen LogP contribution is 2.28. The minimum Gasteiger partial charge on any atom is -0.277 e. The summed E-state index contributed by atoms with van der Waals surface area (Å²) in [5.74, 6) is -0.508. The maximum Gasteiger partial charge on any atom is 0.268 e. The summed E-state index contributed by atoms with van der Waals surface area (Å²) >= 11 is 4.85. The minimum absolute atomic E-state index is 0.238. The van der Waals surface area contributed by atoms with E-state index in [9.17, 15) is 9.59 Å². The molecule has 0 aromatic carbocycles. The van der Waals surface area contributed by atoms with Crippen LogP contribution in [0.25, 0.3) is 0 Å². The molecule has 0 aromatic rings. The van der Waals surface area contributed by atoms with E-state index in [-0.39, 0.29) is 11.8 Å². The number of hydrogen-bond acceptors (Lipinski definition) is 2. The van der Waals surface area contributed by atoms with Gasteiger partial charge in [-0.25, -0.2) is 0 Å². The van der Waals surface area contributed by atoms with Gasteiger partial charge in [-0.1, -0.05) is 0 Å². The molecule has 1 heterocycles. The molecule has 0 saturated heterocycles. The van der Waals surface area contributed by atoms with Gasteiger partial charge in [0.1, 0.15) is 4.48 Å². The lowest BCUT2D eigenvalue weighted by Crippen LogP contribution is -2.25. The van der Waals surface area contributed by atoms with Crippen molar-refractivity contribution in [1.29, 1.82) is 0 Å². The van der Waals surface area contributed by atoms with Crippen LogP contribution in [-0.2, 0) is 9.59 Å². The Labute approximate surface area is 79.7 Å². The Morgan fingerprint density at radius 3 is 2.00 bits per heavy atom. The summed E-state index contributed by atoms with van der Waals surface area (Å²) in [7, 11) is 1.46. The smallest absolute Gasteiger partial charge is 0.268 e. The molecule has 3 nitrogen and oxygen atoms in total. The van der Waals surface area contributed by atoms with Gasteiger partial charge in [-0.15, -0.1) is 0 Å². The van der Waals surface area contributed by atoms with Gasteiger partial charge in [-0.2, -0.15) is 0 Å². The predicted octanol–water partition coefficient (Wildman–Crippen LogP) is 1.03. The van der Waals surface area contributed by atoms with Crippen LogP contribution in [0.2, 0.25) is 0 Å². The van der Waals surface area contributed by atoms with Crippen molar-refractivity contribution in [3.05, 3.63) is 8.06 Å². The van der Waals surface area contributed by atoms with Gasteiger partial charge in [0.2, 0.25) is 0 Å². The highest BCUT2D eigenvalue weighted by molar-refractivity contribution is 14.1. The van der Waals surface area contributed by atoms with E-state index < -0.39 is 0 Å². The molecule has 10 heavy (non-hydrogen) atoms. The second-order valence-corrected chi connectivity index (χ2v) is 3.67.